The van der Waals surface area contributed by atoms with Gasteiger partial charge in [-0.3, -0.25) is 9.78 Å². The van der Waals surface area contributed by atoms with E-state index in [1.165, 1.54) is 12.4 Å². The molecule has 1 heterocycles. The van der Waals surface area contributed by atoms with E-state index in [0.29, 0.717) is 5.69 Å². The van der Waals surface area contributed by atoms with Crippen LogP contribution in [-0.2, 0) is 0 Å². The molecule has 0 fully saturated rings. The van der Waals surface area contributed by atoms with Gasteiger partial charge in [0.2, 0.25) is 5.78 Å². The molecule has 4 heteroatoms. The summed E-state index contributed by atoms with van der Waals surface area (Å²) in [6.45, 7) is 6.39. The van der Waals surface area contributed by atoms with Crippen LogP contribution in [0.2, 0.25) is 0 Å². The molecule has 0 aliphatic heterocycles. The second-order valence-corrected chi connectivity index (χ2v) is 3.58. The quantitative estimate of drug-likeness (QED) is 0.726. The molecular weight excluding hydrogens is 178 g/mol. The molecule has 0 spiro atoms. The van der Waals surface area contributed by atoms with Crippen molar-refractivity contribution >= 4 is 5.78 Å². The number of carbonyl (C=O) groups excluding carboxylic acids is 1. The third-order valence-electron chi connectivity index (χ3n) is 1.98. The van der Waals surface area contributed by atoms with Crippen LogP contribution in [0.25, 0.3) is 0 Å². The van der Waals surface area contributed by atoms with Crippen LogP contribution in [0.3, 0.4) is 0 Å². The topological polar surface area (TPSA) is 54.9 Å². The third kappa shape index (κ3) is 2.35. The van der Waals surface area contributed by atoms with E-state index < -0.39 is 5.54 Å². The van der Waals surface area contributed by atoms with E-state index in [1.807, 2.05) is 20.8 Å². The minimum Gasteiger partial charge on any atom is -0.305 e. The second-order valence-electron chi connectivity index (χ2n) is 3.58. The Bertz CT molecular complexity index is 308. The van der Waals surface area contributed by atoms with Gasteiger partial charge in [-0.25, -0.2) is 4.98 Å². The summed E-state index contributed by atoms with van der Waals surface area (Å²) in [6.07, 6.45) is 4.56. The summed E-state index contributed by atoms with van der Waals surface area (Å²) in [5, 5.41) is 3.10. The van der Waals surface area contributed by atoms with Gasteiger partial charge in [0, 0.05) is 12.4 Å². The number of carbonyl (C=O) groups is 1. The minimum absolute atomic E-state index is 0.0348. The van der Waals surface area contributed by atoms with Gasteiger partial charge >= 0.3 is 0 Å². The molecule has 0 bridgehead atoms. The van der Waals surface area contributed by atoms with Crippen molar-refractivity contribution in [1.29, 1.82) is 0 Å². The maximum Gasteiger partial charge on any atom is 0.202 e. The van der Waals surface area contributed by atoms with Gasteiger partial charge in [-0.1, -0.05) is 6.92 Å². The average molecular weight is 193 g/mol. The number of hydrogen-bond donors (Lipinski definition) is 1. The number of aromatic nitrogens is 2. The number of ketones is 1. The molecule has 76 valence electrons. The molecule has 0 aliphatic carbocycles. The molecule has 1 N–H and O–H groups in total. The number of nitrogens with zero attached hydrogens (tertiary/aromatic N) is 2. The first-order chi connectivity index (χ1) is 6.58. The summed E-state index contributed by atoms with van der Waals surface area (Å²) in [5.41, 5.74) is -0.177. The predicted octanol–water partition coefficient (Wildman–Crippen LogP) is 1.05. The molecule has 1 aromatic rings. The van der Waals surface area contributed by atoms with Gasteiger partial charge < -0.3 is 5.32 Å². The van der Waals surface area contributed by atoms with E-state index in [0.717, 1.165) is 6.54 Å². The van der Waals surface area contributed by atoms with Gasteiger partial charge in [-0.15, -0.1) is 0 Å². The molecule has 0 unspecified atom stereocenters. The Hall–Kier alpha value is -1.29. The fourth-order valence-electron chi connectivity index (χ4n) is 1.26. The Kier molecular flexibility index (Phi) is 3.30. The van der Waals surface area contributed by atoms with Crippen molar-refractivity contribution in [3.63, 3.8) is 0 Å². The molecule has 14 heavy (non-hydrogen) atoms. The van der Waals surface area contributed by atoms with Crippen molar-refractivity contribution in [3.8, 4) is 0 Å². The molecule has 0 radical (unpaired) electrons. The first-order valence-electron chi connectivity index (χ1n) is 4.63. The van der Waals surface area contributed by atoms with Crippen molar-refractivity contribution in [1.82, 2.24) is 15.3 Å². The third-order valence-corrected chi connectivity index (χ3v) is 1.98. The number of nitrogens with one attached hydrogen (secondary N) is 1. The minimum atomic E-state index is -0.579. The molecular formula is C10H15N3O. The Morgan fingerprint density at radius 1 is 1.50 bits per heavy atom. The van der Waals surface area contributed by atoms with Crippen molar-refractivity contribution in [3.05, 3.63) is 24.3 Å². The highest BCUT2D eigenvalue weighted by atomic mass is 16.1. The lowest BCUT2D eigenvalue weighted by molar-refractivity contribution is 0.0878. The number of rotatable bonds is 4. The maximum atomic E-state index is 11.9. The monoisotopic (exact) mass is 193 g/mol. The smallest absolute Gasteiger partial charge is 0.202 e. The Morgan fingerprint density at radius 2 is 2.21 bits per heavy atom. The zero-order chi connectivity index (χ0) is 10.6. The van der Waals surface area contributed by atoms with Crippen LogP contribution in [0.5, 0.6) is 0 Å². The zero-order valence-electron chi connectivity index (χ0n) is 8.74. The van der Waals surface area contributed by atoms with Gasteiger partial charge in [0.1, 0.15) is 5.69 Å². The molecule has 0 saturated carbocycles. The summed E-state index contributed by atoms with van der Waals surface area (Å²) in [5.74, 6) is -0.0348. The van der Waals surface area contributed by atoms with E-state index >= 15 is 0 Å². The Labute approximate surface area is 83.8 Å². The summed E-state index contributed by atoms with van der Waals surface area (Å²) in [6, 6.07) is 0. The van der Waals surface area contributed by atoms with Gasteiger partial charge in [-0.05, 0) is 20.4 Å². The summed E-state index contributed by atoms with van der Waals surface area (Å²) in [7, 11) is 0. The van der Waals surface area contributed by atoms with Crippen molar-refractivity contribution in [2.24, 2.45) is 0 Å². The van der Waals surface area contributed by atoms with Gasteiger partial charge in [0.05, 0.1) is 11.7 Å². The van der Waals surface area contributed by atoms with Crippen LogP contribution in [0.4, 0.5) is 0 Å². The van der Waals surface area contributed by atoms with Crippen molar-refractivity contribution < 1.29 is 4.79 Å². The van der Waals surface area contributed by atoms with E-state index in [9.17, 15) is 4.79 Å². The average Bonchev–Trinajstić information content (AvgIpc) is 2.18. The van der Waals surface area contributed by atoms with E-state index in [2.05, 4.69) is 15.3 Å². The SMILES string of the molecule is CCNC(C)(C)C(=O)c1cnccn1. The molecule has 0 saturated heterocycles. The molecule has 1 aromatic heterocycles. The molecule has 4 nitrogen and oxygen atoms in total. The van der Waals surface area contributed by atoms with Crippen LogP contribution >= 0.6 is 0 Å². The largest absolute Gasteiger partial charge is 0.305 e. The molecule has 0 aromatic carbocycles. The van der Waals surface area contributed by atoms with E-state index in [4.69, 9.17) is 0 Å². The molecule has 1 rings (SSSR count). The lowest BCUT2D eigenvalue weighted by atomic mass is 9.97. The van der Waals surface area contributed by atoms with E-state index in [1.54, 1.807) is 6.20 Å². The van der Waals surface area contributed by atoms with Crippen LogP contribution in [0.1, 0.15) is 31.3 Å². The Balaban J connectivity index is 2.85. The number of hydrogen-bond acceptors (Lipinski definition) is 4. The number of Topliss-reactive ketones (excluding diaryl/α,β-unsaturated/α-hetero) is 1. The van der Waals surface area contributed by atoms with Crippen molar-refractivity contribution in [2.75, 3.05) is 6.54 Å². The highest BCUT2D eigenvalue weighted by molar-refractivity contribution is 6.00. The van der Waals surface area contributed by atoms with E-state index in [-0.39, 0.29) is 5.78 Å². The Morgan fingerprint density at radius 3 is 2.71 bits per heavy atom. The van der Waals surface area contributed by atoms with Crippen LogP contribution in [0, 0.1) is 0 Å². The highest BCUT2D eigenvalue weighted by Crippen LogP contribution is 2.09. The molecule has 0 amide bonds. The zero-order valence-corrected chi connectivity index (χ0v) is 8.74. The fourth-order valence-corrected chi connectivity index (χ4v) is 1.26. The number of likely N-dealkylation sites (N-methyl/N-ethyl adjacent to an activating group) is 1. The predicted molar refractivity (Wildman–Crippen MR) is 54.1 cm³/mol. The summed E-state index contributed by atoms with van der Waals surface area (Å²) < 4.78 is 0. The summed E-state index contributed by atoms with van der Waals surface area (Å²) in [4.78, 5) is 19.7. The van der Waals surface area contributed by atoms with Gasteiger partial charge in [0.15, 0.2) is 0 Å². The first kappa shape index (κ1) is 10.8. The van der Waals surface area contributed by atoms with Crippen LogP contribution < -0.4 is 5.32 Å². The van der Waals surface area contributed by atoms with Crippen LogP contribution in [0.15, 0.2) is 18.6 Å². The highest BCUT2D eigenvalue weighted by Gasteiger charge is 2.28. The second kappa shape index (κ2) is 4.28. The van der Waals surface area contributed by atoms with Gasteiger partial charge in [-0.2, -0.15) is 0 Å². The molecule has 0 aliphatic rings. The van der Waals surface area contributed by atoms with Crippen LogP contribution in [-0.4, -0.2) is 27.8 Å². The fraction of sp³-hybridized carbons (Fsp3) is 0.500. The normalized spacial score (nSPS) is 11.4. The first-order valence-corrected chi connectivity index (χ1v) is 4.63. The summed E-state index contributed by atoms with van der Waals surface area (Å²) >= 11 is 0. The maximum absolute atomic E-state index is 11.9. The lowest BCUT2D eigenvalue weighted by Gasteiger charge is -2.23. The van der Waals surface area contributed by atoms with Gasteiger partial charge in [0.25, 0.3) is 0 Å². The standard InChI is InChI=1S/C10H15N3O/c1-4-13-10(2,3)9(14)8-7-11-5-6-12-8/h5-7,13H,4H2,1-3H3. The van der Waals surface area contributed by atoms with Crippen molar-refractivity contribution in [2.45, 2.75) is 26.3 Å². The lowest BCUT2D eigenvalue weighted by Crippen LogP contribution is -2.46. The molecule has 0 atom stereocenters.